The lowest BCUT2D eigenvalue weighted by atomic mass is 10.0. The predicted octanol–water partition coefficient (Wildman–Crippen LogP) is 3.41. The van der Waals surface area contributed by atoms with E-state index in [-0.39, 0.29) is 23.7 Å². The van der Waals surface area contributed by atoms with Crippen molar-refractivity contribution < 1.29 is 18.7 Å². The van der Waals surface area contributed by atoms with E-state index in [1.54, 1.807) is 0 Å². The predicted molar refractivity (Wildman–Crippen MR) is 105 cm³/mol. The van der Waals surface area contributed by atoms with Crippen molar-refractivity contribution >= 4 is 11.8 Å². The Morgan fingerprint density at radius 2 is 1.71 bits per heavy atom. The van der Waals surface area contributed by atoms with Crippen molar-refractivity contribution in [2.45, 2.75) is 31.7 Å². The van der Waals surface area contributed by atoms with Crippen molar-refractivity contribution in [2.24, 2.45) is 0 Å². The first-order chi connectivity index (χ1) is 13.6. The zero-order valence-corrected chi connectivity index (χ0v) is 15.8. The van der Waals surface area contributed by atoms with Crippen LogP contribution in [0.15, 0.2) is 54.6 Å². The molecule has 6 heteroatoms. The highest BCUT2D eigenvalue weighted by Gasteiger charge is 2.23. The minimum atomic E-state index is -0.363. The molecule has 0 atom stereocenters. The van der Waals surface area contributed by atoms with Gasteiger partial charge in [0.05, 0.1) is 6.61 Å². The smallest absolute Gasteiger partial charge is 0.251 e. The maximum atomic E-state index is 12.9. The number of rotatable bonds is 7. The summed E-state index contributed by atoms with van der Waals surface area (Å²) in [6.45, 7) is 1.78. The number of hydrogen-bond acceptors (Lipinski definition) is 3. The van der Waals surface area contributed by atoms with Gasteiger partial charge >= 0.3 is 0 Å². The molecule has 0 spiro atoms. The van der Waals surface area contributed by atoms with Crippen LogP contribution in [0.3, 0.4) is 0 Å². The summed E-state index contributed by atoms with van der Waals surface area (Å²) in [6, 6.07) is 15.1. The second-order valence-electron chi connectivity index (χ2n) is 6.90. The molecule has 1 N–H and O–H groups in total. The molecule has 5 nitrogen and oxygen atoms in total. The number of hydrogen-bond donors (Lipinski definition) is 1. The molecule has 1 fully saturated rings. The van der Waals surface area contributed by atoms with Crippen LogP contribution in [0.25, 0.3) is 0 Å². The molecule has 0 bridgehead atoms. The van der Waals surface area contributed by atoms with Gasteiger partial charge in [-0.3, -0.25) is 9.59 Å². The van der Waals surface area contributed by atoms with Gasteiger partial charge in [-0.1, -0.05) is 18.2 Å². The standard InChI is InChI=1S/C22H25FN2O3/c23-18-10-8-17(9-11-18)22(27)24-19-12-14-25(15-13-19)21(26)7-4-16-28-20-5-2-1-3-6-20/h1-3,5-6,8-11,19H,4,7,12-16H2,(H,24,27). The molecule has 28 heavy (non-hydrogen) atoms. The van der Waals surface area contributed by atoms with Crippen molar-refractivity contribution in [1.29, 1.82) is 0 Å². The number of benzene rings is 2. The lowest BCUT2D eigenvalue weighted by Crippen LogP contribution is -2.46. The van der Waals surface area contributed by atoms with Crippen LogP contribution in [-0.4, -0.2) is 42.5 Å². The first-order valence-corrected chi connectivity index (χ1v) is 9.64. The molecular formula is C22H25FN2O3. The summed E-state index contributed by atoms with van der Waals surface area (Å²) in [5.74, 6) is 0.369. The first-order valence-electron chi connectivity index (χ1n) is 9.64. The topological polar surface area (TPSA) is 58.6 Å². The van der Waals surface area contributed by atoms with Crippen molar-refractivity contribution in [3.8, 4) is 5.75 Å². The van der Waals surface area contributed by atoms with Gasteiger partial charge in [0, 0.05) is 31.1 Å². The third kappa shape index (κ3) is 5.81. The first kappa shape index (κ1) is 19.9. The van der Waals surface area contributed by atoms with Crippen LogP contribution in [0, 0.1) is 5.82 Å². The number of nitrogens with zero attached hydrogens (tertiary/aromatic N) is 1. The van der Waals surface area contributed by atoms with E-state index in [4.69, 9.17) is 4.74 Å². The number of carbonyl (C=O) groups excluding carboxylic acids is 2. The van der Waals surface area contributed by atoms with Crippen LogP contribution in [0.1, 0.15) is 36.0 Å². The second kappa shape index (κ2) is 9.88. The highest BCUT2D eigenvalue weighted by atomic mass is 19.1. The Balaban J connectivity index is 1.34. The average molecular weight is 384 g/mol. The van der Waals surface area contributed by atoms with Gasteiger partial charge in [0.25, 0.3) is 5.91 Å². The summed E-state index contributed by atoms with van der Waals surface area (Å²) in [7, 11) is 0. The molecular weight excluding hydrogens is 359 g/mol. The van der Waals surface area contributed by atoms with E-state index in [2.05, 4.69) is 5.32 Å². The number of amides is 2. The normalized spacial score (nSPS) is 14.5. The van der Waals surface area contributed by atoms with Gasteiger partial charge in [0.1, 0.15) is 11.6 Å². The zero-order chi connectivity index (χ0) is 19.8. The highest BCUT2D eigenvalue weighted by molar-refractivity contribution is 5.94. The minimum Gasteiger partial charge on any atom is -0.494 e. The lowest BCUT2D eigenvalue weighted by molar-refractivity contribution is -0.132. The number of halogens is 1. The molecule has 0 aliphatic carbocycles. The van der Waals surface area contributed by atoms with Gasteiger partial charge < -0.3 is 15.0 Å². The number of carbonyl (C=O) groups is 2. The number of likely N-dealkylation sites (tertiary alicyclic amines) is 1. The molecule has 1 heterocycles. The van der Waals surface area contributed by atoms with E-state index >= 15 is 0 Å². The van der Waals surface area contributed by atoms with Crippen molar-refractivity contribution in [3.63, 3.8) is 0 Å². The highest BCUT2D eigenvalue weighted by Crippen LogP contribution is 2.14. The molecule has 1 aliphatic heterocycles. The lowest BCUT2D eigenvalue weighted by Gasteiger charge is -2.32. The van der Waals surface area contributed by atoms with Crippen LogP contribution >= 0.6 is 0 Å². The molecule has 3 rings (SSSR count). The largest absolute Gasteiger partial charge is 0.494 e. The van der Waals surface area contributed by atoms with Gasteiger partial charge in [-0.25, -0.2) is 4.39 Å². The summed E-state index contributed by atoms with van der Waals surface area (Å²) in [5.41, 5.74) is 0.443. The minimum absolute atomic E-state index is 0.0306. The molecule has 2 aromatic carbocycles. The monoisotopic (exact) mass is 384 g/mol. The number of para-hydroxylation sites is 1. The molecule has 0 unspecified atom stereocenters. The quantitative estimate of drug-likeness (QED) is 0.745. The molecule has 1 saturated heterocycles. The van der Waals surface area contributed by atoms with E-state index in [0.717, 1.165) is 18.6 Å². The average Bonchev–Trinajstić information content (AvgIpc) is 2.73. The van der Waals surface area contributed by atoms with Crippen molar-refractivity contribution in [3.05, 3.63) is 66.0 Å². The second-order valence-corrected chi connectivity index (χ2v) is 6.90. The third-order valence-electron chi connectivity index (χ3n) is 4.84. The summed E-state index contributed by atoms with van der Waals surface area (Å²) in [4.78, 5) is 26.4. The maximum absolute atomic E-state index is 12.9. The van der Waals surface area contributed by atoms with Crippen molar-refractivity contribution in [1.82, 2.24) is 10.2 Å². The number of nitrogens with one attached hydrogen (secondary N) is 1. The number of piperidine rings is 1. The Labute approximate surface area is 164 Å². The van der Waals surface area contributed by atoms with Gasteiger partial charge in [-0.05, 0) is 55.7 Å². The molecule has 2 amide bonds. The third-order valence-corrected chi connectivity index (χ3v) is 4.84. The van der Waals surface area contributed by atoms with E-state index in [9.17, 15) is 14.0 Å². The Morgan fingerprint density at radius 3 is 2.39 bits per heavy atom. The van der Waals surface area contributed by atoms with Crippen LogP contribution in [0.5, 0.6) is 5.75 Å². The Morgan fingerprint density at radius 1 is 1.04 bits per heavy atom. The van der Waals surface area contributed by atoms with E-state index in [1.165, 1.54) is 24.3 Å². The summed E-state index contributed by atoms with van der Waals surface area (Å²) < 4.78 is 18.6. The molecule has 1 aliphatic rings. The van der Waals surface area contributed by atoms with E-state index < -0.39 is 0 Å². The Bertz CT molecular complexity index is 772. The summed E-state index contributed by atoms with van der Waals surface area (Å²) in [5, 5.41) is 2.97. The molecule has 0 saturated carbocycles. The Hall–Kier alpha value is -2.89. The zero-order valence-electron chi connectivity index (χ0n) is 15.8. The summed E-state index contributed by atoms with van der Waals surface area (Å²) in [6.07, 6.45) is 2.58. The SMILES string of the molecule is O=C(NC1CCN(C(=O)CCCOc2ccccc2)CC1)c1ccc(F)cc1. The molecule has 148 valence electrons. The van der Waals surface area contributed by atoms with E-state index in [0.29, 0.717) is 38.1 Å². The van der Waals surface area contributed by atoms with Crippen LogP contribution < -0.4 is 10.1 Å². The van der Waals surface area contributed by atoms with E-state index in [1.807, 2.05) is 35.2 Å². The maximum Gasteiger partial charge on any atom is 0.251 e. The van der Waals surface area contributed by atoms with Crippen LogP contribution in [0.2, 0.25) is 0 Å². The number of ether oxygens (including phenoxy) is 1. The van der Waals surface area contributed by atoms with Crippen LogP contribution in [0.4, 0.5) is 4.39 Å². The molecule has 0 aromatic heterocycles. The fraction of sp³-hybridized carbons (Fsp3) is 0.364. The molecule has 0 radical (unpaired) electrons. The summed E-state index contributed by atoms with van der Waals surface area (Å²) >= 11 is 0. The van der Waals surface area contributed by atoms with Gasteiger partial charge in [-0.2, -0.15) is 0 Å². The van der Waals surface area contributed by atoms with Gasteiger partial charge in [0.15, 0.2) is 0 Å². The van der Waals surface area contributed by atoms with Crippen LogP contribution in [-0.2, 0) is 4.79 Å². The molecule has 2 aromatic rings. The fourth-order valence-corrected chi connectivity index (χ4v) is 3.23. The van der Waals surface area contributed by atoms with Crippen molar-refractivity contribution in [2.75, 3.05) is 19.7 Å². The van der Waals surface area contributed by atoms with Gasteiger partial charge in [-0.15, -0.1) is 0 Å². The van der Waals surface area contributed by atoms with Gasteiger partial charge in [0.2, 0.25) is 5.91 Å². The Kier molecular flexibility index (Phi) is 7.00. The fourth-order valence-electron chi connectivity index (χ4n) is 3.23.